The minimum Gasteiger partial charge on any atom is -0.480 e. The van der Waals surface area contributed by atoms with Crippen LogP contribution in [0.25, 0.3) is 0 Å². The van der Waals surface area contributed by atoms with Gasteiger partial charge in [-0.3, -0.25) is 9.52 Å². The molecule has 7 nitrogen and oxygen atoms in total. The van der Waals surface area contributed by atoms with Crippen molar-refractivity contribution in [1.82, 2.24) is 10.2 Å². The molecule has 1 aromatic heterocycles. The lowest BCUT2D eigenvalue weighted by Crippen LogP contribution is -2.22. The molecule has 0 aliphatic heterocycles. The van der Waals surface area contributed by atoms with Crippen molar-refractivity contribution in [3.63, 3.8) is 0 Å². The topological polar surface area (TPSA) is 109 Å². The van der Waals surface area contributed by atoms with Gasteiger partial charge in [0.1, 0.15) is 5.01 Å². The van der Waals surface area contributed by atoms with Crippen LogP contribution >= 0.6 is 11.3 Å². The van der Waals surface area contributed by atoms with Crippen molar-refractivity contribution in [3.05, 3.63) is 5.01 Å². The Hall–Kier alpha value is -1.22. The van der Waals surface area contributed by atoms with Crippen LogP contribution in [0.1, 0.15) is 11.9 Å². The Morgan fingerprint density at radius 2 is 2.20 bits per heavy atom. The quantitative estimate of drug-likeness (QED) is 0.758. The van der Waals surface area contributed by atoms with E-state index in [2.05, 4.69) is 10.2 Å². The highest BCUT2D eigenvalue weighted by Crippen LogP contribution is 2.16. The maximum atomic E-state index is 11.2. The van der Waals surface area contributed by atoms with Crippen molar-refractivity contribution in [2.75, 3.05) is 10.5 Å². The van der Waals surface area contributed by atoms with Crippen molar-refractivity contribution in [1.29, 1.82) is 0 Å². The molecule has 2 N–H and O–H groups in total. The van der Waals surface area contributed by atoms with E-state index in [1.165, 1.54) is 0 Å². The number of carbonyl (C=O) groups is 1. The van der Waals surface area contributed by atoms with E-state index in [0.29, 0.717) is 11.4 Å². The fourth-order valence-electron chi connectivity index (χ4n) is 0.769. The molecule has 0 atom stereocenters. The summed E-state index contributed by atoms with van der Waals surface area (Å²) in [6.07, 6.45) is 0.651. The summed E-state index contributed by atoms with van der Waals surface area (Å²) in [6.45, 7) is 1.86. The Morgan fingerprint density at radius 1 is 1.53 bits per heavy atom. The van der Waals surface area contributed by atoms with Crippen molar-refractivity contribution in [3.8, 4) is 0 Å². The summed E-state index contributed by atoms with van der Waals surface area (Å²) in [5, 5.41) is 16.4. The first-order valence-electron chi connectivity index (χ1n) is 3.97. The minimum atomic E-state index is -3.87. The number of carboxylic acids is 1. The molecule has 0 aromatic carbocycles. The van der Waals surface area contributed by atoms with E-state index in [1.54, 1.807) is 0 Å². The zero-order valence-corrected chi connectivity index (χ0v) is 9.43. The molecular weight excluding hydrogens is 242 g/mol. The number of hydrogen-bond acceptors (Lipinski definition) is 6. The summed E-state index contributed by atoms with van der Waals surface area (Å²) in [5.41, 5.74) is 0. The number of nitrogens with one attached hydrogen (secondary N) is 1. The molecule has 1 heterocycles. The lowest BCUT2D eigenvalue weighted by atomic mass is 10.5. The fourth-order valence-corrected chi connectivity index (χ4v) is 2.55. The molecule has 0 saturated carbocycles. The average Bonchev–Trinajstić information content (AvgIpc) is 2.48. The Balaban J connectivity index is 2.73. The summed E-state index contributed by atoms with van der Waals surface area (Å²) in [4.78, 5) is 10.2. The second-order valence-electron chi connectivity index (χ2n) is 2.61. The number of aryl methyl sites for hydroxylation is 1. The molecule has 1 aromatic rings. The standard InChI is InChI=1S/C6H9N3O4S2/c1-2-4-7-8-6(14-4)9-15(12,13)3-5(10)11/h2-3H2,1H3,(H,8,9)(H,10,11). The van der Waals surface area contributed by atoms with Gasteiger partial charge in [0.25, 0.3) is 0 Å². The van der Waals surface area contributed by atoms with Crippen LogP contribution in [0.3, 0.4) is 0 Å². The van der Waals surface area contributed by atoms with Crippen LogP contribution in [-0.2, 0) is 21.2 Å². The van der Waals surface area contributed by atoms with Gasteiger partial charge in [-0.1, -0.05) is 18.3 Å². The third-order valence-electron chi connectivity index (χ3n) is 1.33. The predicted octanol–water partition coefficient (Wildman–Crippen LogP) is -0.0732. The first kappa shape index (κ1) is 11.9. The van der Waals surface area contributed by atoms with Crippen LogP contribution in [-0.4, -0.2) is 35.4 Å². The van der Waals surface area contributed by atoms with Crippen molar-refractivity contribution >= 4 is 32.5 Å². The molecule has 0 spiro atoms. The number of aliphatic carboxylic acids is 1. The molecule has 0 aliphatic carbocycles. The number of anilines is 1. The van der Waals surface area contributed by atoms with Crippen molar-refractivity contribution in [2.45, 2.75) is 13.3 Å². The van der Waals surface area contributed by atoms with Gasteiger partial charge in [0.05, 0.1) is 0 Å². The Bertz CT molecular complexity index is 453. The first-order chi connectivity index (χ1) is 6.93. The van der Waals surface area contributed by atoms with E-state index in [-0.39, 0.29) is 5.13 Å². The third-order valence-corrected chi connectivity index (χ3v) is 3.57. The molecule has 0 fully saturated rings. The average molecular weight is 251 g/mol. The largest absolute Gasteiger partial charge is 0.480 e. The number of carboxylic acid groups (broad SMARTS) is 1. The monoisotopic (exact) mass is 251 g/mol. The molecule has 15 heavy (non-hydrogen) atoms. The van der Waals surface area contributed by atoms with Crippen LogP contribution in [0.4, 0.5) is 5.13 Å². The summed E-state index contributed by atoms with van der Waals surface area (Å²) < 4.78 is 24.4. The molecule has 84 valence electrons. The van der Waals surface area contributed by atoms with Gasteiger partial charge in [-0.2, -0.15) is 0 Å². The number of aromatic nitrogens is 2. The highest BCUT2D eigenvalue weighted by molar-refractivity contribution is 7.93. The molecule has 0 saturated heterocycles. The maximum Gasteiger partial charge on any atom is 0.320 e. The zero-order chi connectivity index (χ0) is 11.5. The van der Waals surface area contributed by atoms with Crippen molar-refractivity contribution < 1.29 is 18.3 Å². The Labute approximate surface area is 90.2 Å². The van der Waals surface area contributed by atoms with Crippen LogP contribution in [0.2, 0.25) is 0 Å². The van der Waals surface area contributed by atoms with E-state index in [4.69, 9.17) is 5.11 Å². The summed E-state index contributed by atoms with van der Waals surface area (Å²) >= 11 is 1.08. The van der Waals surface area contributed by atoms with Crippen LogP contribution < -0.4 is 4.72 Å². The third kappa shape index (κ3) is 3.80. The highest BCUT2D eigenvalue weighted by Gasteiger charge is 2.17. The lowest BCUT2D eigenvalue weighted by molar-refractivity contribution is -0.134. The van der Waals surface area contributed by atoms with Gasteiger partial charge >= 0.3 is 5.97 Å². The summed E-state index contributed by atoms with van der Waals surface area (Å²) in [6, 6.07) is 0. The Morgan fingerprint density at radius 3 is 2.67 bits per heavy atom. The van der Waals surface area contributed by atoms with Gasteiger partial charge in [0.2, 0.25) is 15.2 Å². The van der Waals surface area contributed by atoms with Crippen molar-refractivity contribution in [2.24, 2.45) is 0 Å². The van der Waals surface area contributed by atoms with Crippen LogP contribution in [0.5, 0.6) is 0 Å². The van der Waals surface area contributed by atoms with Crippen LogP contribution in [0.15, 0.2) is 0 Å². The van der Waals surface area contributed by atoms with E-state index < -0.39 is 21.7 Å². The highest BCUT2D eigenvalue weighted by atomic mass is 32.2. The van der Waals surface area contributed by atoms with E-state index in [0.717, 1.165) is 11.3 Å². The summed E-state index contributed by atoms with van der Waals surface area (Å²) in [5.74, 6) is -2.39. The molecular formula is C6H9N3O4S2. The molecule has 9 heteroatoms. The second-order valence-corrected chi connectivity index (χ2v) is 5.39. The predicted molar refractivity (Wildman–Crippen MR) is 54.3 cm³/mol. The summed E-state index contributed by atoms with van der Waals surface area (Å²) in [7, 11) is -3.87. The SMILES string of the molecule is CCc1nnc(NS(=O)(=O)CC(=O)O)s1. The lowest BCUT2D eigenvalue weighted by Gasteiger charge is -1.99. The first-order valence-corrected chi connectivity index (χ1v) is 6.44. The van der Waals surface area contributed by atoms with Crippen LogP contribution in [0, 0.1) is 0 Å². The minimum absolute atomic E-state index is 0.0908. The van der Waals surface area contributed by atoms with Gasteiger partial charge in [-0.05, 0) is 6.42 Å². The molecule has 0 bridgehead atoms. The molecule has 0 amide bonds. The normalized spacial score (nSPS) is 11.3. The second kappa shape index (κ2) is 4.53. The fraction of sp³-hybridized carbons (Fsp3) is 0.500. The number of rotatable bonds is 5. The van der Waals surface area contributed by atoms with Gasteiger partial charge in [0, 0.05) is 0 Å². The van der Waals surface area contributed by atoms with Gasteiger partial charge in [-0.15, -0.1) is 10.2 Å². The maximum absolute atomic E-state index is 11.2. The molecule has 0 aliphatic rings. The molecule has 0 unspecified atom stereocenters. The number of hydrogen-bond donors (Lipinski definition) is 2. The number of nitrogens with zero attached hydrogens (tertiary/aromatic N) is 2. The Kier molecular flexibility index (Phi) is 3.58. The smallest absolute Gasteiger partial charge is 0.320 e. The van der Waals surface area contributed by atoms with E-state index in [9.17, 15) is 13.2 Å². The van der Waals surface area contributed by atoms with E-state index >= 15 is 0 Å². The van der Waals surface area contributed by atoms with Gasteiger partial charge in [-0.25, -0.2) is 8.42 Å². The molecule has 1 rings (SSSR count). The van der Waals surface area contributed by atoms with E-state index in [1.807, 2.05) is 11.6 Å². The van der Waals surface area contributed by atoms with Gasteiger partial charge in [0.15, 0.2) is 5.75 Å². The zero-order valence-electron chi connectivity index (χ0n) is 7.80. The number of sulfonamides is 1. The molecule has 0 radical (unpaired) electrons. The van der Waals surface area contributed by atoms with Gasteiger partial charge < -0.3 is 5.11 Å².